The van der Waals surface area contributed by atoms with E-state index in [1.165, 1.54) is 5.56 Å². The highest BCUT2D eigenvalue weighted by molar-refractivity contribution is 5.95. The number of rotatable bonds is 2. The molecule has 0 N–H and O–H groups in total. The summed E-state index contributed by atoms with van der Waals surface area (Å²) in [4.78, 5) is 30.3. The topological polar surface area (TPSA) is 49.9 Å². The summed E-state index contributed by atoms with van der Waals surface area (Å²) in [6, 6.07) is 16.3. The summed E-state index contributed by atoms with van der Waals surface area (Å²) in [6.07, 6.45) is 2.81. The molecule has 2 aromatic rings. The number of hydrogen-bond donors (Lipinski definition) is 0. The van der Waals surface area contributed by atoms with E-state index in [1.54, 1.807) is 0 Å². The molecule has 3 aliphatic heterocycles. The molecular weight excluding hydrogens is 376 g/mol. The van der Waals surface area contributed by atoms with Gasteiger partial charge in [-0.05, 0) is 44.4 Å². The Morgan fingerprint density at radius 2 is 1.67 bits per heavy atom. The standard InChI is InChI=1S/C25H28N2O3/c1-17-14-18(2)16-20(15-17)23(28)26-12-10-25(11-13-26)24(29)27-21(8-9-22(27)30-25)19-6-4-3-5-7-19/h3-7,14-16,21-22H,8-13H2,1-2H3/t21-,22+/m0/s1. The van der Waals surface area contributed by atoms with Crippen molar-refractivity contribution in [3.63, 3.8) is 0 Å². The molecule has 3 saturated heterocycles. The maximum atomic E-state index is 13.5. The third kappa shape index (κ3) is 3.12. The number of likely N-dealkylation sites (tertiary alicyclic amines) is 1. The Morgan fingerprint density at radius 3 is 2.33 bits per heavy atom. The van der Waals surface area contributed by atoms with Crippen molar-refractivity contribution >= 4 is 11.8 Å². The molecule has 0 radical (unpaired) electrons. The normalized spacial score (nSPS) is 25.1. The van der Waals surface area contributed by atoms with E-state index in [-0.39, 0.29) is 24.1 Å². The molecule has 5 rings (SSSR count). The monoisotopic (exact) mass is 404 g/mol. The van der Waals surface area contributed by atoms with Gasteiger partial charge in [0.1, 0.15) is 6.23 Å². The summed E-state index contributed by atoms with van der Waals surface area (Å²) in [7, 11) is 0. The van der Waals surface area contributed by atoms with Crippen LogP contribution in [0.5, 0.6) is 0 Å². The second-order valence-corrected chi connectivity index (χ2v) is 8.95. The molecule has 5 heteroatoms. The van der Waals surface area contributed by atoms with Gasteiger partial charge in [0.05, 0.1) is 6.04 Å². The summed E-state index contributed by atoms with van der Waals surface area (Å²) < 4.78 is 6.39. The summed E-state index contributed by atoms with van der Waals surface area (Å²) >= 11 is 0. The van der Waals surface area contributed by atoms with Crippen LogP contribution in [0.1, 0.15) is 58.8 Å². The quantitative estimate of drug-likeness (QED) is 0.760. The number of ether oxygens (including phenoxy) is 1. The smallest absolute Gasteiger partial charge is 0.257 e. The van der Waals surface area contributed by atoms with E-state index in [9.17, 15) is 9.59 Å². The number of nitrogens with zero attached hydrogens (tertiary/aromatic N) is 2. The first-order valence-electron chi connectivity index (χ1n) is 10.9. The average Bonchev–Trinajstić information content (AvgIpc) is 3.26. The fraction of sp³-hybridized carbons (Fsp3) is 0.440. The van der Waals surface area contributed by atoms with Crippen LogP contribution >= 0.6 is 0 Å². The van der Waals surface area contributed by atoms with Gasteiger partial charge in [0, 0.05) is 31.5 Å². The van der Waals surface area contributed by atoms with Gasteiger partial charge < -0.3 is 14.5 Å². The van der Waals surface area contributed by atoms with Crippen LogP contribution in [0.4, 0.5) is 0 Å². The second kappa shape index (κ2) is 7.24. The average molecular weight is 405 g/mol. The zero-order valence-electron chi connectivity index (χ0n) is 17.6. The number of fused-ring (bicyclic) bond motifs is 1. The zero-order chi connectivity index (χ0) is 20.9. The van der Waals surface area contributed by atoms with Crippen LogP contribution in [0.3, 0.4) is 0 Å². The molecule has 2 atom stereocenters. The van der Waals surface area contributed by atoms with E-state index in [0.717, 1.165) is 29.5 Å². The molecule has 30 heavy (non-hydrogen) atoms. The van der Waals surface area contributed by atoms with Crippen LogP contribution in [0.15, 0.2) is 48.5 Å². The lowest BCUT2D eigenvalue weighted by Crippen LogP contribution is -2.51. The maximum Gasteiger partial charge on any atom is 0.257 e. The maximum absolute atomic E-state index is 13.5. The van der Waals surface area contributed by atoms with Gasteiger partial charge in [-0.3, -0.25) is 9.59 Å². The van der Waals surface area contributed by atoms with Crippen LogP contribution in [-0.2, 0) is 9.53 Å². The van der Waals surface area contributed by atoms with E-state index in [4.69, 9.17) is 4.74 Å². The molecule has 0 aliphatic carbocycles. The van der Waals surface area contributed by atoms with Gasteiger partial charge in [0.2, 0.25) is 0 Å². The fourth-order valence-electron chi connectivity index (χ4n) is 5.40. The van der Waals surface area contributed by atoms with Gasteiger partial charge in [-0.1, -0.05) is 47.5 Å². The number of carbonyl (C=O) groups is 2. The summed E-state index contributed by atoms with van der Waals surface area (Å²) in [5.74, 6) is 0.155. The number of aryl methyl sites for hydroxylation is 2. The number of hydrogen-bond acceptors (Lipinski definition) is 3. The Hall–Kier alpha value is -2.66. The minimum absolute atomic E-state index is 0.0461. The van der Waals surface area contributed by atoms with Gasteiger partial charge in [0.15, 0.2) is 5.60 Å². The predicted molar refractivity (Wildman–Crippen MR) is 114 cm³/mol. The minimum atomic E-state index is -0.766. The highest BCUT2D eigenvalue weighted by Crippen LogP contribution is 2.47. The SMILES string of the molecule is Cc1cc(C)cc(C(=O)N2CCC3(CC2)O[C@@H]2CC[C@@H](c4ccccc4)N2C3=O)c1. The highest BCUT2D eigenvalue weighted by Gasteiger charge is 2.58. The molecule has 0 unspecified atom stereocenters. The Labute approximate surface area is 177 Å². The molecule has 1 spiro atoms. The van der Waals surface area contributed by atoms with E-state index in [2.05, 4.69) is 18.2 Å². The molecule has 5 nitrogen and oxygen atoms in total. The van der Waals surface area contributed by atoms with Crippen molar-refractivity contribution in [3.05, 3.63) is 70.8 Å². The number of amides is 2. The Morgan fingerprint density at radius 1 is 1.00 bits per heavy atom. The summed E-state index contributed by atoms with van der Waals surface area (Å²) in [5.41, 5.74) is 3.32. The van der Waals surface area contributed by atoms with Crippen molar-refractivity contribution in [3.8, 4) is 0 Å². The van der Waals surface area contributed by atoms with Crippen LogP contribution in [0.25, 0.3) is 0 Å². The van der Waals surface area contributed by atoms with Gasteiger partial charge in [-0.2, -0.15) is 0 Å². The Balaban J connectivity index is 1.30. The molecule has 3 fully saturated rings. The number of piperidine rings is 1. The second-order valence-electron chi connectivity index (χ2n) is 8.95. The van der Waals surface area contributed by atoms with Crippen LogP contribution < -0.4 is 0 Å². The van der Waals surface area contributed by atoms with Gasteiger partial charge in [0.25, 0.3) is 11.8 Å². The zero-order valence-corrected chi connectivity index (χ0v) is 17.6. The van der Waals surface area contributed by atoms with Crippen molar-refractivity contribution in [1.82, 2.24) is 9.80 Å². The van der Waals surface area contributed by atoms with Crippen molar-refractivity contribution < 1.29 is 14.3 Å². The van der Waals surface area contributed by atoms with Crippen LogP contribution in [0, 0.1) is 13.8 Å². The van der Waals surface area contributed by atoms with Gasteiger partial charge in [-0.15, -0.1) is 0 Å². The summed E-state index contributed by atoms with van der Waals surface area (Å²) in [6.45, 7) is 5.12. The van der Waals surface area contributed by atoms with Gasteiger partial charge in [-0.25, -0.2) is 0 Å². The molecule has 0 bridgehead atoms. The van der Waals surface area contributed by atoms with E-state index >= 15 is 0 Å². The first-order valence-corrected chi connectivity index (χ1v) is 10.9. The lowest BCUT2D eigenvalue weighted by atomic mass is 9.89. The molecular formula is C25H28N2O3. The highest BCUT2D eigenvalue weighted by atomic mass is 16.6. The molecule has 3 aliphatic rings. The third-order valence-corrected chi connectivity index (χ3v) is 6.83. The molecule has 3 heterocycles. The predicted octanol–water partition coefficient (Wildman–Crippen LogP) is 4.00. The Kier molecular flexibility index (Phi) is 4.66. The largest absolute Gasteiger partial charge is 0.342 e. The lowest BCUT2D eigenvalue weighted by Gasteiger charge is -2.37. The van der Waals surface area contributed by atoms with Crippen LogP contribution in [0.2, 0.25) is 0 Å². The number of carbonyl (C=O) groups excluding carboxylic acids is 2. The third-order valence-electron chi connectivity index (χ3n) is 6.83. The first kappa shape index (κ1) is 19.3. The van der Waals surface area contributed by atoms with Gasteiger partial charge >= 0.3 is 0 Å². The van der Waals surface area contributed by atoms with Crippen molar-refractivity contribution in [2.45, 2.75) is 57.4 Å². The van der Waals surface area contributed by atoms with Crippen molar-refractivity contribution in [1.29, 1.82) is 0 Å². The van der Waals surface area contributed by atoms with E-state index in [1.807, 2.05) is 54.0 Å². The summed E-state index contributed by atoms with van der Waals surface area (Å²) in [5, 5.41) is 0. The van der Waals surface area contributed by atoms with E-state index < -0.39 is 5.60 Å². The first-order chi connectivity index (χ1) is 14.5. The van der Waals surface area contributed by atoms with Crippen molar-refractivity contribution in [2.75, 3.05) is 13.1 Å². The molecule has 2 aromatic carbocycles. The molecule has 0 saturated carbocycles. The fourth-order valence-corrected chi connectivity index (χ4v) is 5.40. The lowest BCUT2D eigenvalue weighted by molar-refractivity contribution is -0.142. The molecule has 156 valence electrons. The van der Waals surface area contributed by atoms with E-state index in [0.29, 0.717) is 25.9 Å². The molecule has 2 amide bonds. The molecule has 0 aromatic heterocycles. The van der Waals surface area contributed by atoms with Crippen molar-refractivity contribution in [2.24, 2.45) is 0 Å². The number of benzene rings is 2. The Bertz CT molecular complexity index is 959. The minimum Gasteiger partial charge on any atom is -0.342 e. The van der Waals surface area contributed by atoms with Crippen LogP contribution in [-0.4, -0.2) is 46.5 Å².